The van der Waals surface area contributed by atoms with Crippen LogP contribution in [-0.4, -0.2) is 15.8 Å². The normalized spacial score (nSPS) is 33.5. The van der Waals surface area contributed by atoms with Crippen molar-refractivity contribution in [1.29, 1.82) is 0 Å². The van der Waals surface area contributed by atoms with Gasteiger partial charge in [0.25, 0.3) is 0 Å². The van der Waals surface area contributed by atoms with Gasteiger partial charge in [-0.15, -0.1) is 0 Å². The topological polar surface area (TPSA) is 43.8 Å². The van der Waals surface area contributed by atoms with Crippen molar-refractivity contribution in [3.05, 3.63) is 17.5 Å². The number of hydrogen-bond acceptors (Lipinski definition) is 2. The van der Waals surface area contributed by atoms with E-state index in [0.717, 1.165) is 6.42 Å². The maximum Gasteiger partial charge on any atom is 0.0528 e. The summed E-state index contributed by atoms with van der Waals surface area (Å²) in [4.78, 5) is 0. The molecule has 2 aliphatic rings. The van der Waals surface area contributed by atoms with Crippen LogP contribution < -0.4 is 5.73 Å². The molecule has 0 aromatic carbocycles. The van der Waals surface area contributed by atoms with E-state index in [9.17, 15) is 0 Å². The van der Waals surface area contributed by atoms with Gasteiger partial charge in [0.15, 0.2) is 0 Å². The Morgan fingerprint density at radius 1 is 1.47 bits per heavy atom. The van der Waals surface area contributed by atoms with E-state index in [0.29, 0.717) is 23.9 Å². The first-order valence-electron chi connectivity index (χ1n) is 6.00. The minimum Gasteiger partial charge on any atom is -0.327 e. The van der Waals surface area contributed by atoms with Crippen molar-refractivity contribution in [2.75, 3.05) is 0 Å². The van der Waals surface area contributed by atoms with Gasteiger partial charge in [-0.25, -0.2) is 0 Å². The zero-order valence-electron chi connectivity index (χ0n) is 9.48. The Hall–Kier alpha value is -0.830. The first-order valence-corrected chi connectivity index (χ1v) is 6.00. The molecular formula is C12H19N3. The summed E-state index contributed by atoms with van der Waals surface area (Å²) in [6.07, 6.45) is 5.77. The third-order valence-corrected chi connectivity index (χ3v) is 4.13. The van der Waals surface area contributed by atoms with E-state index in [4.69, 9.17) is 5.73 Å². The molecule has 1 saturated carbocycles. The predicted octanol–water partition coefficient (Wildman–Crippen LogP) is 1.84. The summed E-state index contributed by atoms with van der Waals surface area (Å²) in [5.74, 6) is 1.29. The second-order valence-corrected chi connectivity index (χ2v) is 5.31. The average molecular weight is 205 g/mol. The molecule has 1 aromatic rings. The molecule has 0 aliphatic heterocycles. The Balaban J connectivity index is 2.07. The molecule has 2 bridgehead atoms. The summed E-state index contributed by atoms with van der Waals surface area (Å²) in [5.41, 5.74) is 9.14. The minimum atomic E-state index is 0.391. The Bertz CT molecular complexity index is 380. The molecule has 1 heterocycles. The Morgan fingerprint density at radius 3 is 3.00 bits per heavy atom. The lowest BCUT2D eigenvalue weighted by molar-refractivity contribution is 0.403. The average Bonchev–Trinajstić information content (AvgIpc) is 2.69. The maximum atomic E-state index is 6.25. The van der Waals surface area contributed by atoms with Gasteiger partial charge in [-0.2, -0.15) is 5.10 Å². The van der Waals surface area contributed by atoms with E-state index >= 15 is 0 Å². The maximum absolute atomic E-state index is 6.25. The highest BCUT2D eigenvalue weighted by atomic mass is 15.3. The molecule has 2 aliphatic carbocycles. The van der Waals surface area contributed by atoms with E-state index in [2.05, 4.69) is 29.8 Å². The van der Waals surface area contributed by atoms with Crippen LogP contribution in [-0.2, 0) is 6.42 Å². The zero-order valence-corrected chi connectivity index (χ0v) is 9.48. The van der Waals surface area contributed by atoms with Gasteiger partial charge in [0.1, 0.15) is 0 Å². The zero-order chi connectivity index (χ0) is 10.6. The molecule has 2 N–H and O–H groups in total. The van der Waals surface area contributed by atoms with Crippen LogP contribution in [0.25, 0.3) is 0 Å². The summed E-state index contributed by atoms with van der Waals surface area (Å²) in [6, 6.07) is 0.866. The van der Waals surface area contributed by atoms with E-state index < -0.39 is 0 Å². The van der Waals surface area contributed by atoms with Crippen molar-refractivity contribution in [2.45, 2.75) is 51.1 Å². The molecule has 0 amide bonds. The van der Waals surface area contributed by atoms with Crippen LogP contribution >= 0.6 is 0 Å². The van der Waals surface area contributed by atoms with Gasteiger partial charge in [-0.05, 0) is 44.6 Å². The van der Waals surface area contributed by atoms with Crippen molar-refractivity contribution in [3.63, 3.8) is 0 Å². The van der Waals surface area contributed by atoms with Crippen LogP contribution in [0.15, 0.2) is 6.20 Å². The molecule has 0 unspecified atom stereocenters. The van der Waals surface area contributed by atoms with Gasteiger partial charge in [0.2, 0.25) is 0 Å². The van der Waals surface area contributed by atoms with Gasteiger partial charge >= 0.3 is 0 Å². The molecule has 1 fully saturated rings. The lowest BCUT2D eigenvalue weighted by Gasteiger charge is -2.28. The molecule has 0 radical (unpaired) electrons. The quantitative estimate of drug-likeness (QED) is 0.760. The van der Waals surface area contributed by atoms with Crippen LogP contribution in [0.3, 0.4) is 0 Å². The Morgan fingerprint density at radius 2 is 2.27 bits per heavy atom. The van der Waals surface area contributed by atoms with Crippen LogP contribution in [0.2, 0.25) is 0 Å². The summed E-state index contributed by atoms with van der Waals surface area (Å²) in [6.45, 7) is 4.40. The summed E-state index contributed by atoms with van der Waals surface area (Å²) < 4.78 is 2.19. The van der Waals surface area contributed by atoms with Gasteiger partial charge in [0, 0.05) is 23.7 Å². The molecule has 3 heteroatoms. The highest BCUT2D eigenvalue weighted by molar-refractivity contribution is 5.31. The fourth-order valence-corrected chi connectivity index (χ4v) is 3.32. The summed E-state index contributed by atoms with van der Waals surface area (Å²) in [7, 11) is 0. The van der Waals surface area contributed by atoms with Gasteiger partial charge in [0.05, 0.1) is 6.20 Å². The molecule has 0 spiro atoms. The largest absolute Gasteiger partial charge is 0.327 e. The van der Waals surface area contributed by atoms with Crippen LogP contribution in [0.1, 0.15) is 49.9 Å². The molecule has 82 valence electrons. The third kappa shape index (κ3) is 1.19. The second-order valence-electron chi connectivity index (χ2n) is 5.31. The van der Waals surface area contributed by atoms with E-state index in [1.165, 1.54) is 24.1 Å². The molecule has 15 heavy (non-hydrogen) atoms. The highest BCUT2D eigenvalue weighted by Crippen LogP contribution is 2.45. The van der Waals surface area contributed by atoms with Crippen molar-refractivity contribution >= 4 is 0 Å². The minimum absolute atomic E-state index is 0.391. The highest BCUT2D eigenvalue weighted by Gasteiger charge is 2.41. The Labute approximate surface area is 90.7 Å². The molecule has 1 aromatic heterocycles. The van der Waals surface area contributed by atoms with E-state index in [-0.39, 0.29) is 0 Å². The molecule has 3 nitrogen and oxygen atoms in total. The number of nitrogens with two attached hydrogens (primary N) is 1. The first-order chi connectivity index (χ1) is 7.18. The Kier molecular flexibility index (Phi) is 1.93. The second kappa shape index (κ2) is 3.08. The van der Waals surface area contributed by atoms with E-state index in [1.807, 2.05) is 0 Å². The lowest BCUT2D eigenvalue weighted by atomic mass is 9.83. The number of hydrogen-bond donors (Lipinski definition) is 1. The molecular weight excluding hydrogens is 186 g/mol. The standard InChI is InChI=1S/C12H19N3/c1-7(2)15-11-5-8-3-4-9(12(8)13)10(11)6-14-15/h6-9,12H,3-5,13H2,1-2H3/t8-,9-,12-/m1/s1. The summed E-state index contributed by atoms with van der Waals surface area (Å²) in [5, 5.41) is 4.51. The number of nitrogens with zero attached hydrogens (tertiary/aromatic N) is 2. The lowest BCUT2D eigenvalue weighted by Crippen LogP contribution is -2.35. The third-order valence-electron chi connectivity index (χ3n) is 4.13. The predicted molar refractivity (Wildman–Crippen MR) is 59.8 cm³/mol. The fraction of sp³-hybridized carbons (Fsp3) is 0.750. The van der Waals surface area contributed by atoms with Gasteiger partial charge < -0.3 is 5.73 Å². The number of aromatic nitrogens is 2. The first kappa shape index (κ1) is 9.40. The monoisotopic (exact) mass is 205 g/mol. The van der Waals surface area contributed by atoms with Gasteiger partial charge in [-0.1, -0.05) is 0 Å². The van der Waals surface area contributed by atoms with Crippen molar-refractivity contribution in [3.8, 4) is 0 Å². The van der Waals surface area contributed by atoms with Crippen molar-refractivity contribution in [1.82, 2.24) is 9.78 Å². The molecule has 0 saturated heterocycles. The van der Waals surface area contributed by atoms with Crippen LogP contribution in [0.4, 0.5) is 0 Å². The van der Waals surface area contributed by atoms with Crippen LogP contribution in [0.5, 0.6) is 0 Å². The molecule has 3 rings (SSSR count). The smallest absolute Gasteiger partial charge is 0.0528 e. The van der Waals surface area contributed by atoms with Crippen molar-refractivity contribution < 1.29 is 0 Å². The number of fused-ring (bicyclic) bond motifs is 4. The van der Waals surface area contributed by atoms with Crippen LogP contribution in [0, 0.1) is 5.92 Å². The number of rotatable bonds is 1. The van der Waals surface area contributed by atoms with Gasteiger partial charge in [-0.3, -0.25) is 4.68 Å². The van der Waals surface area contributed by atoms with E-state index in [1.54, 1.807) is 0 Å². The SMILES string of the molecule is CC(C)n1ncc2c1C[C@H]1CC[C@H]2[C@@H]1N. The molecule has 3 atom stereocenters. The fourth-order valence-electron chi connectivity index (χ4n) is 3.32. The summed E-state index contributed by atoms with van der Waals surface area (Å²) >= 11 is 0. The van der Waals surface area contributed by atoms with Crippen molar-refractivity contribution in [2.24, 2.45) is 11.7 Å².